The van der Waals surface area contributed by atoms with Gasteiger partial charge in [-0.15, -0.1) is 0 Å². The number of anilines is 1. The summed E-state index contributed by atoms with van der Waals surface area (Å²) in [5, 5.41) is 6.11. The van der Waals surface area contributed by atoms with E-state index in [4.69, 9.17) is 9.73 Å². The molecule has 2 rings (SSSR count). The molecule has 1 fully saturated rings. The molecule has 1 heterocycles. The first-order chi connectivity index (χ1) is 13.0. The maximum atomic E-state index is 11.7. The van der Waals surface area contributed by atoms with Gasteiger partial charge >= 0.3 is 5.97 Å². The summed E-state index contributed by atoms with van der Waals surface area (Å²) in [5.41, 5.74) is 1.98. The largest absolute Gasteiger partial charge is 0.469 e. The first-order valence-electron chi connectivity index (χ1n) is 9.51. The van der Waals surface area contributed by atoms with Gasteiger partial charge in [-0.2, -0.15) is 0 Å². The lowest BCUT2D eigenvalue weighted by atomic mass is 9.97. The number of amides is 1. The van der Waals surface area contributed by atoms with Crippen LogP contribution in [0.1, 0.15) is 32.3 Å². The molecule has 1 aliphatic heterocycles. The van der Waals surface area contributed by atoms with E-state index in [2.05, 4.69) is 22.5 Å². The summed E-state index contributed by atoms with van der Waals surface area (Å²) in [6.07, 6.45) is 2.41. The average Bonchev–Trinajstić information content (AvgIpc) is 2.68. The van der Waals surface area contributed by atoms with Crippen molar-refractivity contribution in [3.05, 3.63) is 29.8 Å². The van der Waals surface area contributed by atoms with Crippen LogP contribution in [0.4, 0.5) is 5.69 Å². The third kappa shape index (κ3) is 6.58. The van der Waals surface area contributed by atoms with Crippen molar-refractivity contribution in [1.82, 2.24) is 10.2 Å². The van der Waals surface area contributed by atoms with Gasteiger partial charge in [0.2, 0.25) is 5.91 Å². The van der Waals surface area contributed by atoms with Crippen molar-refractivity contribution in [2.75, 3.05) is 38.6 Å². The third-order valence-corrected chi connectivity index (χ3v) is 4.60. The van der Waals surface area contributed by atoms with Crippen LogP contribution in [-0.2, 0) is 20.7 Å². The van der Waals surface area contributed by atoms with Gasteiger partial charge in [-0.05, 0) is 43.9 Å². The summed E-state index contributed by atoms with van der Waals surface area (Å²) in [6, 6.07) is 7.83. The minimum Gasteiger partial charge on any atom is -0.469 e. The summed E-state index contributed by atoms with van der Waals surface area (Å²) in [7, 11) is 1.45. The molecule has 0 bridgehead atoms. The predicted octanol–water partition coefficient (Wildman–Crippen LogP) is 2.04. The lowest BCUT2D eigenvalue weighted by molar-refractivity contribution is -0.146. The van der Waals surface area contributed by atoms with E-state index in [1.807, 2.05) is 24.3 Å². The Morgan fingerprint density at radius 2 is 1.89 bits per heavy atom. The Morgan fingerprint density at radius 1 is 1.22 bits per heavy atom. The number of ether oxygens (including phenoxy) is 1. The minimum atomic E-state index is -0.112. The van der Waals surface area contributed by atoms with Gasteiger partial charge in [0.05, 0.1) is 13.0 Å². The molecule has 1 saturated heterocycles. The summed E-state index contributed by atoms with van der Waals surface area (Å²) >= 11 is 0. The minimum absolute atomic E-state index is 0.00347. The lowest BCUT2D eigenvalue weighted by Crippen LogP contribution is -2.46. The summed E-state index contributed by atoms with van der Waals surface area (Å²) in [6.45, 7) is 6.64. The van der Waals surface area contributed by atoms with Crippen LogP contribution in [-0.4, -0.2) is 56.0 Å². The van der Waals surface area contributed by atoms with Gasteiger partial charge < -0.3 is 20.3 Å². The highest BCUT2D eigenvalue weighted by molar-refractivity contribution is 5.88. The number of esters is 1. The normalized spacial score (nSPS) is 15.4. The van der Waals surface area contributed by atoms with Crippen molar-refractivity contribution in [3.63, 3.8) is 0 Å². The van der Waals surface area contributed by atoms with E-state index in [0.717, 1.165) is 50.5 Å². The number of methoxy groups -OCH3 is 1. The van der Waals surface area contributed by atoms with Crippen LogP contribution in [0.15, 0.2) is 29.3 Å². The van der Waals surface area contributed by atoms with Gasteiger partial charge in [-0.25, -0.2) is 0 Å². The monoisotopic (exact) mass is 374 g/mol. The maximum Gasteiger partial charge on any atom is 0.308 e. The van der Waals surface area contributed by atoms with Crippen molar-refractivity contribution >= 4 is 23.5 Å². The average molecular weight is 374 g/mol. The van der Waals surface area contributed by atoms with Crippen molar-refractivity contribution in [1.29, 1.82) is 0 Å². The zero-order valence-electron chi connectivity index (χ0n) is 16.5. The highest BCUT2D eigenvalue weighted by Gasteiger charge is 2.26. The van der Waals surface area contributed by atoms with Crippen molar-refractivity contribution in [3.8, 4) is 0 Å². The molecule has 0 spiro atoms. The van der Waals surface area contributed by atoms with E-state index in [1.54, 1.807) is 0 Å². The fraction of sp³-hybridized carbons (Fsp3) is 0.550. The molecular weight excluding hydrogens is 344 g/mol. The molecule has 1 amide bonds. The second-order valence-corrected chi connectivity index (χ2v) is 6.65. The number of carbonyl (C=O) groups excluding carboxylic acids is 2. The molecule has 0 aliphatic carbocycles. The van der Waals surface area contributed by atoms with E-state index in [-0.39, 0.29) is 17.8 Å². The van der Waals surface area contributed by atoms with Crippen LogP contribution in [0.25, 0.3) is 0 Å². The highest BCUT2D eigenvalue weighted by atomic mass is 16.5. The molecule has 1 aliphatic rings. The Hall–Kier alpha value is -2.57. The molecule has 0 unspecified atom stereocenters. The Bertz CT molecular complexity index is 650. The van der Waals surface area contributed by atoms with Crippen LogP contribution < -0.4 is 10.6 Å². The first-order valence-corrected chi connectivity index (χ1v) is 9.51. The number of rotatable bonds is 6. The standard InChI is InChI=1S/C20H30N4O3/c1-4-21-20(24-13-10-17(11-14-24)19(26)27-3)22-12-9-16-5-7-18(8-6-16)23-15(2)25/h5-8,17H,4,9-14H2,1-3H3,(H,21,22)(H,23,25). The fourth-order valence-electron chi connectivity index (χ4n) is 3.17. The van der Waals surface area contributed by atoms with E-state index < -0.39 is 0 Å². The Balaban J connectivity index is 1.88. The van der Waals surface area contributed by atoms with Crippen LogP contribution in [0.5, 0.6) is 0 Å². The Labute approximate surface area is 161 Å². The van der Waals surface area contributed by atoms with E-state index >= 15 is 0 Å². The molecule has 0 atom stereocenters. The number of hydrogen-bond acceptors (Lipinski definition) is 4. The molecule has 0 radical (unpaired) electrons. The number of nitrogens with one attached hydrogen (secondary N) is 2. The van der Waals surface area contributed by atoms with E-state index in [1.165, 1.54) is 19.6 Å². The number of nitrogens with zero attached hydrogens (tertiary/aromatic N) is 2. The zero-order valence-corrected chi connectivity index (χ0v) is 16.5. The number of piperidine rings is 1. The number of guanidine groups is 1. The highest BCUT2D eigenvalue weighted by Crippen LogP contribution is 2.18. The van der Waals surface area contributed by atoms with Crippen LogP contribution in [0.3, 0.4) is 0 Å². The van der Waals surface area contributed by atoms with Gasteiger partial charge in [0.15, 0.2) is 5.96 Å². The number of aliphatic imine (C=N–C) groups is 1. The molecule has 148 valence electrons. The number of carbonyl (C=O) groups is 2. The van der Waals surface area contributed by atoms with Crippen molar-refractivity contribution < 1.29 is 14.3 Å². The molecule has 0 aromatic heterocycles. The summed E-state index contributed by atoms with van der Waals surface area (Å²) < 4.78 is 4.85. The summed E-state index contributed by atoms with van der Waals surface area (Å²) in [5.74, 6) is 0.713. The Morgan fingerprint density at radius 3 is 2.44 bits per heavy atom. The molecule has 2 N–H and O–H groups in total. The number of hydrogen-bond donors (Lipinski definition) is 2. The zero-order chi connectivity index (χ0) is 19.6. The van der Waals surface area contributed by atoms with Crippen LogP contribution >= 0.6 is 0 Å². The lowest BCUT2D eigenvalue weighted by Gasteiger charge is -2.33. The quantitative estimate of drug-likeness (QED) is 0.452. The van der Waals surface area contributed by atoms with Gasteiger partial charge in [-0.1, -0.05) is 12.1 Å². The van der Waals surface area contributed by atoms with E-state index in [9.17, 15) is 9.59 Å². The third-order valence-electron chi connectivity index (χ3n) is 4.60. The van der Waals surface area contributed by atoms with Gasteiger partial charge in [0.25, 0.3) is 0 Å². The van der Waals surface area contributed by atoms with Crippen molar-refractivity contribution in [2.24, 2.45) is 10.9 Å². The van der Waals surface area contributed by atoms with Crippen LogP contribution in [0.2, 0.25) is 0 Å². The molecule has 1 aromatic rings. The SMILES string of the molecule is CCNC(=NCCc1ccc(NC(C)=O)cc1)N1CCC(C(=O)OC)CC1. The maximum absolute atomic E-state index is 11.7. The van der Waals surface area contributed by atoms with E-state index in [0.29, 0.717) is 6.54 Å². The second-order valence-electron chi connectivity index (χ2n) is 6.65. The number of likely N-dealkylation sites (tertiary alicyclic amines) is 1. The molecular formula is C20H30N4O3. The van der Waals surface area contributed by atoms with Gasteiger partial charge in [0, 0.05) is 38.8 Å². The van der Waals surface area contributed by atoms with Gasteiger partial charge in [0.1, 0.15) is 0 Å². The summed E-state index contributed by atoms with van der Waals surface area (Å²) in [4.78, 5) is 29.7. The molecule has 27 heavy (non-hydrogen) atoms. The Kier molecular flexibility index (Phi) is 8.10. The topological polar surface area (TPSA) is 83.0 Å². The molecule has 0 saturated carbocycles. The molecule has 7 heteroatoms. The predicted molar refractivity (Wildman–Crippen MR) is 107 cm³/mol. The van der Waals surface area contributed by atoms with Gasteiger partial charge in [-0.3, -0.25) is 14.6 Å². The van der Waals surface area contributed by atoms with Crippen LogP contribution in [0, 0.1) is 5.92 Å². The van der Waals surface area contributed by atoms with Crippen molar-refractivity contribution in [2.45, 2.75) is 33.1 Å². The molecule has 1 aromatic carbocycles. The fourth-order valence-corrected chi connectivity index (χ4v) is 3.17. The smallest absolute Gasteiger partial charge is 0.308 e. The molecule has 7 nitrogen and oxygen atoms in total. The first kappa shape index (κ1) is 20.7. The second kappa shape index (κ2) is 10.5. The number of benzene rings is 1.